The van der Waals surface area contributed by atoms with E-state index in [-0.39, 0.29) is 0 Å². The summed E-state index contributed by atoms with van der Waals surface area (Å²) in [4.78, 5) is 10.6. The average Bonchev–Trinajstić information content (AvgIpc) is 3.05. The molecule has 4 heteroatoms. The van der Waals surface area contributed by atoms with Crippen LogP contribution in [0.2, 0.25) is 0 Å². The molecule has 1 saturated carbocycles. The SMILES string of the molecule is O=C(O)C(O)c1ccc(CCC2(O)CC2)cc1. The zero-order valence-electron chi connectivity index (χ0n) is 9.47. The van der Waals surface area contributed by atoms with Gasteiger partial charge >= 0.3 is 5.97 Å². The summed E-state index contributed by atoms with van der Waals surface area (Å²) < 4.78 is 0. The third-order valence-corrected chi connectivity index (χ3v) is 3.24. The van der Waals surface area contributed by atoms with Crippen molar-refractivity contribution in [3.05, 3.63) is 35.4 Å². The lowest BCUT2D eigenvalue weighted by molar-refractivity contribution is -0.146. The van der Waals surface area contributed by atoms with E-state index in [0.717, 1.165) is 31.2 Å². The highest BCUT2D eigenvalue weighted by molar-refractivity contribution is 5.73. The molecule has 1 aromatic carbocycles. The number of hydrogen-bond donors (Lipinski definition) is 3. The van der Waals surface area contributed by atoms with Crippen LogP contribution < -0.4 is 0 Å². The van der Waals surface area contributed by atoms with E-state index >= 15 is 0 Å². The van der Waals surface area contributed by atoms with Gasteiger partial charge in [0.2, 0.25) is 0 Å². The van der Waals surface area contributed by atoms with E-state index in [4.69, 9.17) is 5.11 Å². The Balaban J connectivity index is 1.95. The van der Waals surface area contributed by atoms with Crippen molar-refractivity contribution < 1.29 is 20.1 Å². The maximum atomic E-state index is 10.6. The van der Waals surface area contributed by atoms with Gasteiger partial charge in [-0.3, -0.25) is 0 Å². The molecule has 1 fully saturated rings. The Bertz CT molecular complexity index is 406. The molecule has 17 heavy (non-hydrogen) atoms. The molecule has 0 aliphatic heterocycles. The fraction of sp³-hybridized carbons (Fsp3) is 0.462. The van der Waals surface area contributed by atoms with Gasteiger partial charge in [0.15, 0.2) is 6.10 Å². The van der Waals surface area contributed by atoms with E-state index < -0.39 is 17.7 Å². The molecule has 2 rings (SSSR count). The lowest BCUT2D eigenvalue weighted by Gasteiger charge is -2.09. The number of aliphatic hydroxyl groups excluding tert-OH is 1. The Morgan fingerprint density at radius 2 is 1.88 bits per heavy atom. The molecule has 4 nitrogen and oxygen atoms in total. The number of carboxylic acids is 1. The highest BCUT2D eigenvalue weighted by atomic mass is 16.4. The largest absolute Gasteiger partial charge is 0.479 e. The lowest BCUT2D eigenvalue weighted by Crippen LogP contribution is -2.10. The van der Waals surface area contributed by atoms with Crippen molar-refractivity contribution in [1.29, 1.82) is 0 Å². The Morgan fingerprint density at radius 3 is 2.35 bits per heavy atom. The van der Waals surface area contributed by atoms with Crippen molar-refractivity contribution in [3.8, 4) is 0 Å². The fourth-order valence-corrected chi connectivity index (χ4v) is 1.78. The second-order valence-electron chi connectivity index (χ2n) is 4.71. The molecule has 0 radical (unpaired) electrons. The quantitative estimate of drug-likeness (QED) is 0.719. The summed E-state index contributed by atoms with van der Waals surface area (Å²) in [6.07, 6.45) is 1.82. The van der Waals surface area contributed by atoms with Gasteiger partial charge in [0.1, 0.15) is 0 Å². The van der Waals surface area contributed by atoms with Crippen LogP contribution in [0.25, 0.3) is 0 Å². The van der Waals surface area contributed by atoms with Crippen LogP contribution in [0.4, 0.5) is 0 Å². The normalized spacial score (nSPS) is 18.7. The lowest BCUT2D eigenvalue weighted by atomic mass is 10.0. The van der Waals surface area contributed by atoms with E-state index in [2.05, 4.69) is 0 Å². The van der Waals surface area contributed by atoms with Crippen LogP contribution in [0.3, 0.4) is 0 Å². The fourth-order valence-electron chi connectivity index (χ4n) is 1.78. The van der Waals surface area contributed by atoms with Crippen LogP contribution in [0, 0.1) is 0 Å². The minimum atomic E-state index is -1.46. The van der Waals surface area contributed by atoms with Gasteiger partial charge in [-0.25, -0.2) is 4.79 Å². The smallest absolute Gasteiger partial charge is 0.337 e. The molecule has 1 aliphatic carbocycles. The second-order valence-corrected chi connectivity index (χ2v) is 4.71. The molecule has 0 aromatic heterocycles. The molecule has 0 amide bonds. The van der Waals surface area contributed by atoms with Crippen LogP contribution in [-0.2, 0) is 11.2 Å². The third-order valence-electron chi connectivity index (χ3n) is 3.24. The molecule has 0 heterocycles. The summed E-state index contributed by atoms with van der Waals surface area (Å²) in [5, 5.41) is 27.6. The zero-order valence-corrected chi connectivity index (χ0v) is 9.47. The van der Waals surface area contributed by atoms with Crippen LogP contribution >= 0.6 is 0 Å². The first-order chi connectivity index (χ1) is 8.00. The van der Waals surface area contributed by atoms with Gasteiger partial charge in [-0.15, -0.1) is 0 Å². The molecule has 1 aromatic rings. The summed E-state index contributed by atoms with van der Waals surface area (Å²) in [5.74, 6) is -1.25. The van der Waals surface area contributed by atoms with Crippen molar-refractivity contribution >= 4 is 5.97 Å². The Hall–Kier alpha value is -1.39. The van der Waals surface area contributed by atoms with Crippen molar-refractivity contribution in [1.82, 2.24) is 0 Å². The van der Waals surface area contributed by atoms with Crippen molar-refractivity contribution in [3.63, 3.8) is 0 Å². The molecule has 0 saturated heterocycles. The molecular formula is C13H16O4. The number of benzene rings is 1. The Kier molecular flexibility index (Phi) is 3.17. The van der Waals surface area contributed by atoms with Gasteiger partial charge in [0, 0.05) is 0 Å². The number of hydrogen-bond acceptors (Lipinski definition) is 3. The number of carbonyl (C=O) groups is 1. The summed E-state index contributed by atoms with van der Waals surface area (Å²) in [6.45, 7) is 0. The summed E-state index contributed by atoms with van der Waals surface area (Å²) in [5.41, 5.74) is 0.970. The molecule has 0 bridgehead atoms. The Morgan fingerprint density at radius 1 is 1.29 bits per heavy atom. The van der Waals surface area contributed by atoms with Crippen molar-refractivity contribution in [2.45, 2.75) is 37.4 Å². The first kappa shape index (κ1) is 12.1. The van der Waals surface area contributed by atoms with Crippen LogP contribution in [0.5, 0.6) is 0 Å². The predicted molar refractivity (Wildman–Crippen MR) is 61.5 cm³/mol. The standard InChI is InChI=1S/C13H16O4/c14-11(12(15)16)10-3-1-9(2-4-10)5-6-13(17)7-8-13/h1-4,11,14,17H,5-8H2,(H,15,16). The van der Waals surface area contributed by atoms with E-state index in [1.54, 1.807) is 24.3 Å². The van der Waals surface area contributed by atoms with Crippen LogP contribution in [0.15, 0.2) is 24.3 Å². The number of aryl methyl sites for hydroxylation is 1. The maximum Gasteiger partial charge on any atom is 0.337 e. The summed E-state index contributed by atoms with van der Waals surface area (Å²) in [7, 11) is 0. The van der Waals surface area contributed by atoms with E-state index in [1.807, 2.05) is 0 Å². The third kappa shape index (κ3) is 3.05. The van der Waals surface area contributed by atoms with Crippen molar-refractivity contribution in [2.75, 3.05) is 0 Å². The van der Waals surface area contributed by atoms with Crippen LogP contribution in [-0.4, -0.2) is 26.9 Å². The predicted octanol–water partition coefficient (Wildman–Crippen LogP) is 1.26. The van der Waals surface area contributed by atoms with Gasteiger partial charge in [-0.2, -0.15) is 0 Å². The number of aliphatic hydroxyl groups is 2. The van der Waals surface area contributed by atoms with Gasteiger partial charge in [0.05, 0.1) is 5.60 Å². The molecule has 1 unspecified atom stereocenters. The monoisotopic (exact) mass is 236 g/mol. The zero-order chi connectivity index (χ0) is 12.5. The maximum absolute atomic E-state index is 10.6. The van der Waals surface area contributed by atoms with Crippen LogP contribution in [0.1, 0.15) is 36.5 Å². The van der Waals surface area contributed by atoms with E-state index in [0.29, 0.717) is 5.56 Å². The minimum Gasteiger partial charge on any atom is -0.479 e. The first-order valence-electron chi connectivity index (χ1n) is 5.72. The minimum absolute atomic E-state index is 0.381. The Labute approximate surface area is 99.5 Å². The number of carboxylic acid groups (broad SMARTS) is 1. The van der Waals surface area contributed by atoms with Gasteiger partial charge < -0.3 is 15.3 Å². The average molecular weight is 236 g/mol. The molecule has 0 spiro atoms. The number of aliphatic carboxylic acids is 1. The molecular weight excluding hydrogens is 220 g/mol. The highest BCUT2D eigenvalue weighted by Crippen LogP contribution is 2.39. The molecule has 1 aliphatic rings. The van der Waals surface area contributed by atoms with Gasteiger partial charge in [-0.1, -0.05) is 24.3 Å². The molecule has 3 N–H and O–H groups in total. The summed E-state index contributed by atoms with van der Waals surface area (Å²) in [6, 6.07) is 6.83. The topological polar surface area (TPSA) is 77.8 Å². The summed E-state index contributed by atoms with van der Waals surface area (Å²) >= 11 is 0. The second kappa shape index (κ2) is 4.47. The van der Waals surface area contributed by atoms with E-state index in [1.165, 1.54) is 0 Å². The highest BCUT2D eigenvalue weighted by Gasteiger charge is 2.39. The van der Waals surface area contributed by atoms with Gasteiger partial charge in [0.25, 0.3) is 0 Å². The van der Waals surface area contributed by atoms with Gasteiger partial charge in [-0.05, 0) is 36.8 Å². The molecule has 92 valence electrons. The van der Waals surface area contributed by atoms with Crippen molar-refractivity contribution in [2.24, 2.45) is 0 Å². The molecule has 1 atom stereocenters. The van der Waals surface area contributed by atoms with E-state index in [9.17, 15) is 15.0 Å². The number of rotatable bonds is 5. The first-order valence-corrected chi connectivity index (χ1v) is 5.72.